The van der Waals surface area contributed by atoms with Gasteiger partial charge in [0.2, 0.25) is 0 Å². The first-order valence-electron chi connectivity index (χ1n) is 6.69. The second kappa shape index (κ2) is 8.69. The van der Waals surface area contributed by atoms with Crippen LogP contribution < -0.4 is 14.8 Å². The summed E-state index contributed by atoms with van der Waals surface area (Å²) in [6.07, 6.45) is 1.89. The third kappa shape index (κ3) is 4.60. The molecule has 0 aromatic heterocycles. The third-order valence-electron chi connectivity index (χ3n) is 3.08. The molecule has 4 nitrogen and oxygen atoms in total. The van der Waals surface area contributed by atoms with Gasteiger partial charge in [0, 0.05) is 12.4 Å². The summed E-state index contributed by atoms with van der Waals surface area (Å²) in [5, 5.41) is 2.89. The molecule has 0 radical (unpaired) electrons. The Labute approximate surface area is 125 Å². The minimum atomic E-state index is -0.183. The van der Waals surface area contributed by atoms with E-state index in [0.29, 0.717) is 35.4 Å². The predicted molar refractivity (Wildman–Crippen MR) is 81.0 cm³/mol. The van der Waals surface area contributed by atoms with Crippen LogP contribution in [0, 0.1) is 5.92 Å². The quantitative estimate of drug-likeness (QED) is 0.593. The van der Waals surface area contributed by atoms with Crippen molar-refractivity contribution >= 4 is 17.5 Å². The monoisotopic (exact) mass is 299 g/mol. The number of rotatable bonds is 8. The van der Waals surface area contributed by atoms with Crippen molar-refractivity contribution in [3.05, 3.63) is 23.8 Å². The maximum atomic E-state index is 12.2. The van der Waals surface area contributed by atoms with Crippen LogP contribution in [0.15, 0.2) is 18.2 Å². The molecular formula is C15H22ClNO3. The summed E-state index contributed by atoms with van der Waals surface area (Å²) in [5.41, 5.74) is 0.433. The van der Waals surface area contributed by atoms with Crippen LogP contribution in [0.5, 0.6) is 11.5 Å². The van der Waals surface area contributed by atoms with Crippen molar-refractivity contribution in [3.63, 3.8) is 0 Å². The highest BCUT2D eigenvalue weighted by Crippen LogP contribution is 2.27. The number of nitrogens with one attached hydrogen (secondary N) is 1. The van der Waals surface area contributed by atoms with E-state index in [1.165, 1.54) is 14.2 Å². The first kappa shape index (κ1) is 16.6. The van der Waals surface area contributed by atoms with Gasteiger partial charge >= 0.3 is 0 Å². The lowest BCUT2D eigenvalue weighted by Gasteiger charge is -2.13. The first-order valence-corrected chi connectivity index (χ1v) is 7.22. The van der Waals surface area contributed by atoms with Crippen LogP contribution in [0.2, 0.25) is 0 Å². The molecule has 1 atom stereocenters. The van der Waals surface area contributed by atoms with Gasteiger partial charge in [0.15, 0.2) is 0 Å². The lowest BCUT2D eigenvalue weighted by molar-refractivity contribution is 0.0946. The molecule has 0 spiro atoms. The summed E-state index contributed by atoms with van der Waals surface area (Å²) in [7, 11) is 3.07. The molecule has 0 aliphatic rings. The lowest BCUT2D eigenvalue weighted by atomic mass is 10.1. The summed E-state index contributed by atoms with van der Waals surface area (Å²) in [6, 6.07) is 5.27. The van der Waals surface area contributed by atoms with E-state index in [2.05, 4.69) is 12.2 Å². The van der Waals surface area contributed by atoms with Gasteiger partial charge < -0.3 is 14.8 Å². The summed E-state index contributed by atoms with van der Waals surface area (Å²) in [6.45, 7) is 2.71. The van der Waals surface area contributed by atoms with Crippen molar-refractivity contribution in [3.8, 4) is 11.5 Å². The smallest absolute Gasteiger partial charge is 0.258 e. The lowest BCUT2D eigenvalue weighted by Crippen LogP contribution is -2.25. The molecule has 5 heteroatoms. The molecular weight excluding hydrogens is 278 g/mol. The number of alkyl halides is 1. The average Bonchev–Trinajstić information content (AvgIpc) is 2.49. The fourth-order valence-electron chi connectivity index (χ4n) is 1.89. The van der Waals surface area contributed by atoms with E-state index < -0.39 is 0 Å². The van der Waals surface area contributed by atoms with Crippen LogP contribution in [0.3, 0.4) is 0 Å². The number of hydrogen-bond acceptors (Lipinski definition) is 3. The molecule has 0 saturated carbocycles. The number of halogens is 1. The van der Waals surface area contributed by atoms with E-state index in [9.17, 15) is 4.79 Å². The molecule has 0 aliphatic heterocycles. The van der Waals surface area contributed by atoms with Crippen LogP contribution in [-0.4, -0.2) is 32.6 Å². The molecule has 112 valence electrons. The molecule has 1 aromatic carbocycles. The molecule has 1 N–H and O–H groups in total. The van der Waals surface area contributed by atoms with Crippen molar-refractivity contribution in [2.45, 2.75) is 19.8 Å². The number of amides is 1. The Kier molecular flexibility index (Phi) is 7.23. The highest BCUT2D eigenvalue weighted by molar-refractivity contribution is 6.18. The summed E-state index contributed by atoms with van der Waals surface area (Å²) >= 11 is 5.75. The van der Waals surface area contributed by atoms with Crippen molar-refractivity contribution < 1.29 is 14.3 Å². The molecule has 0 fully saturated rings. The molecule has 0 saturated heterocycles. The minimum absolute atomic E-state index is 0.183. The minimum Gasteiger partial charge on any atom is -0.496 e. The van der Waals surface area contributed by atoms with Gasteiger partial charge in [-0.3, -0.25) is 4.79 Å². The summed E-state index contributed by atoms with van der Waals surface area (Å²) < 4.78 is 10.4. The van der Waals surface area contributed by atoms with Crippen LogP contribution >= 0.6 is 11.6 Å². The molecule has 0 aliphatic carbocycles. The third-order valence-corrected chi connectivity index (χ3v) is 3.60. The largest absolute Gasteiger partial charge is 0.496 e. The number of ether oxygens (including phenoxy) is 2. The molecule has 1 rings (SSSR count). The van der Waals surface area contributed by atoms with Gasteiger partial charge in [-0.05, 0) is 30.9 Å². The number of methoxy groups -OCH3 is 2. The zero-order valence-corrected chi connectivity index (χ0v) is 13.0. The van der Waals surface area contributed by atoms with Gasteiger partial charge in [0.05, 0.1) is 14.2 Å². The van der Waals surface area contributed by atoms with E-state index in [4.69, 9.17) is 21.1 Å². The Morgan fingerprint density at radius 1 is 1.30 bits per heavy atom. The fraction of sp³-hybridized carbons (Fsp3) is 0.533. The standard InChI is InChI=1S/C15H22ClNO3/c1-11(10-16)6-5-9-17-15(18)14-12(19-2)7-4-8-13(14)20-3/h4,7-8,11H,5-6,9-10H2,1-3H3,(H,17,18). The normalized spacial score (nSPS) is 11.8. The predicted octanol–water partition coefficient (Wildman–Crippen LogP) is 3.09. The zero-order chi connectivity index (χ0) is 15.0. The summed E-state index contributed by atoms with van der Waals surface area (Å²) in [5.74, 6) is 1.95. The fourth-order valence-corrected chi connectivity index (χ4v) is 2.05. The maximum Gasteiger partial charge on any atom is 0.258 e. The number of hydrogen-bond donors (Lipinski definition) is 1. The van der Waals surface area contributed by atoms with Crippen LogP contribution in [0.25, 0.3) is 0 Å². The maximum absolute atomic E-state index is 12.2. The van der Waals surface area contributed by atoms with Crippen molar-refractivity contribution in [2.75, 3.05) is 26.6 Å². The number of carbonyl (C=O) groups is 1. The Balaban J connectivity index is 2.63. The molecule has 1 unspecified atom stereocenters. The number of benzene rings is 1. The van der Waals surface area contributed by atoms with Gasteiger partial charge in [-0.15, -0.1) is 11.6 Å². The highest BCUT2D eigenvalue weighted by atomic mass is 35.5. The van der Waals surface area contributed by atoms with Gasteiger partial charge in [-0.1, -0.05) is 13.0 Å². The van der Waals surface area contributed by atoms with Gasteiger partial charge in [0.25, 0.3) is 5.91 Å². The summed E-state index contributed by atoms with van der Waals surface area (Å²) in [4.78, 5) is 12.2. The average molecular weight is 300 g/mol. The van der Waals surface area contributed by atoms with Crippen LogP contribution in [-0.2, 0) is 0 Å². The van der Waals surface area contributed by atoms with Gasteiger partial charge in [-0.25, -0.2) is 0 Å². The molecule has 0 bridgehead atoms. The van der Waals surface area contributed by atoms with E-state index in [0.717, 1.165) is 12.8 Å². The van der Waals surface area contributed by atoms with Crippen molar-refractivity contribution in [1.29, 1.82) is 0 Å². The molecule has 20 heavy (non-hydrogen) atoms. The zero-order valence-electron chi connectivity index (χ0n) is 12.2. The number of carbonyl (C=O) groups excluding carboxylic acids is 1. The Hall–Kier alpha value is -1.42. The van der Waals surface area contributed by atoms with Gasteiger partial charge in [0.1, 0.15) is 17.1 Å². The second-order valence-electron chi connectivity index (χ2n) is 4.70. The van der Waals surface area contributed by atoms with Crippen molar-refractivity contribution in [2.24, 2.45) is 5.92 Å². The molecule has 0 heterocycles. The van der Waals surface area contributed by atoms with Crippen LogP contribution in [0.4, 0.5) is 0 Å². The van der Waals surface area contributed by atoms with E-state index >= 15 is 0 Å². The van der Waals surface area contributed by atoms with Crippen LogP contribution in [0.1, 0.15) is 30.1 Å². The Bertz CT molecular complexity index is 415. The SMILES string of the molecule is COc1cccc(OC)c1C(=O)NCCCC(C)CCl. The van der Waals surface area contributed by atoms with E-state index in [1.54, 1.807) is 18.2 Å². The van der Waals surface area contributed by atoms with E-state index in [-0.39, 0.29) is 5.91 Å². The Morgan fingerprint density at radius 2 is 1.90 bits per heavy atom. The van der Waals surface area contributed by atoms with E-state index in [1.807, 2.05) is 0 Å². The topological polar surface area (TPSA) is 47.6 Å². The first-order chi connectivity index (χ1) is 9.63. The molecule has 1 aromatic rings. The highest BCUT2D eigenvalue weighted by Gasteiger charge is 2.17. The van der Waals surface area contributed by atoms with Gasteiger partial charge in [-0.2, -0.15) is 0 Å². The molecule has 1 amide bonds. The second-order valence-corrected chi connectivity index (χ2v) is 5.00. The Morgan fingerprint density at radius 3 is 2.40 bits per heavy atom. The van der Waals surface area contributed by atoms with Crippen molar-refractivity contribution in [1.82, 2.24) is 5.32 Å².